The number of hydrogen-bond acceptors (Lipinski definition) is 3. The molecule has 0 spiro atoms. The van der Waals surface area contributed by atoms with Gasteiger partial charge in [0.2, 0.25) is 11.8 Å². The zero-order valence-corrected chi connectivity index (χ0v) is 12.7. The Balaban J connectivity index is 1.78. The van der Waals surface area contributed by atoms with Crippen molar-refractivity contribution in [1.29, 1.82) is 0 Å². The molecule has 2 rings (SSSR count). The van der Waals surface area contributed by atoms with Crippen molar-refractivity contribution in [3.63, 3.8) is 0 Å². The number of rotatable bonds is 5. The molecule has 126 valence electrons. The molecular weight excluding hydrogens is 299 g/mol. The Bertz CT molecular complexity index is 424. The number of carbonyl (C=O) groups is 2. The Hall–Kier alpha value is -1.31. The van der Waals surface area contributed by atoms with Crippen LogP contribution in [-0.4, -0.2) is 67.1 Å². The molecule has 2 fully saturated rings. The van der Waals surface area contributed by atoms with Crippen molar-refractivity contribution in [1.82, 2.24) is 15.1 Å². The van der Waals surface area contributed by atoms with E-state index in [9.17, 15) is 22.8 Å². The second-order valence-corrected chi connectivity index (χ2v) is 6.14. The van der Waals surface area contributed by atoms with Crippen molar-refractivity contribution in [3.05, 3.63) is 0 Å². The number of likely N-dealkylation sites (N-methyl/N-ethyl adjacent to an activating group) is 1. The van der Waals surface area contributed by atoms with Crippen LogP contribution in [0.4, 0.5) is 13.2 Å². The fourth-order valence-electron chi connectivity index (χ4n) is 2.71. The van der Waals surface area contributed by atoms with Gasteiger partial charge in [-0.15, -0.1) is 0 Å². The number of piperidine rings is 1. The van der Waals surface area contributed by atoms with Crippen LogP contribution in [0.15, 0.2) is 0 Å². The van der Waals surface area contributed by atoms with Gasteiger partial charge in [-0.1, -0.05) is 0 Å². The first-order valence-electron chi connectivity index (χ1n) is 7.59. The van der Waals surface area contributed by atoms with Crippen molar-refractivity contribution in [2.45, 2.75) is 37.9 Å². The van der Waals surface area contributed by atoms with E-state index in [1.54, 1.807) is 11.9 Å². The summed E-state index contributed by atoms with van der Waals surface area (Å²) in [6.45, 7) is -0.0248. The minimum absolute atomic E-state index is 0.0128. The van der Waals surface area contributed by atoms with E-state index in [1.807, 2.05) is 10.2 Å². The van der Waals surface area contributed by atoms with Crippen molar-refractivity contribution in [2.24, 2.45) is 5.92 Å². The SMILES string of the molecule is CN(C(=O)CN1CCC[C@H](C(=O)NCC(F)(F)F)C1)C1CC1. The Morgan fingerprint density at radius 3 is 2.55 bits per heavy atom. The van der Waals surface area contributed by atoms with Gasteiger partial charge in [0.15, 0.2) is 0 Å². The van der Waals surface area contributed by atoms with Gasteiger partial charge in [0.1, 0.15) is 6.54 Å². The van der Waals surface area contributed by atoms with Crippen LogP contribution >= 0.6 is 0 Å². The molecule has 0 aromatic heterocycles. The van der Waals surface area contributed by atoms with Gasteiger partial charge in [-0.2, -0.15) is 13.2 Å². The summed E-state index contributed by atoms with van der Waals surface area (Å²) in [5, 5.41) is 1.93. The molecular formula is C14H22F3N3O2. The van der Waals surface area contributed by atoms with Crippen LogP contribution in [0.3, 0.4) is 0 Å². The largest absolute Gasteiger partial charge is 0.405 e. The molecule has 1 aliphatic heterocycles. The maximum atomic E-state index is 12.1. The molecule has 0 radical (unpaired) electrons. The third kappa shape index (κ3) is 5.15. The summed E-state index contributed by atoms with van der Waals surface area (Å²) >= 11 is 0. The highest BCUT2D eigenvalue weighted by molar-refractivity contribution is 5.80. The molecule has 1 saturated heterocycles. The van der Waals surface area contributed by atoms with E-state index in [0.29, 0.717) is 32.0 Å². The standard InChI is InChI=1S/C14H22F3N3O2/c1-19(11-4-5-11)12(21)8-20-6-2-3-10(7-20)13(22)18-9-14(15,16)17/h10-11H,2-9H2,1H3,(H,18,22)/t10-/m0/s1. The molecule has 0 aromatic rings. The van der Waals surface area contributed by atoms with Crippen LogP contribution in [0.2, 0.25) is 0 Å². The van der Waals surface area contributed by atoms with E-state index < -0.39 is 24.5 Å². The second kappa shape index (κ2) is 6.85. The number of likely N-dealkylation sites (tertiary alicyclic amines) is 1. The Labute approximate surface area is 127 Å². The van der Waals surface area contributed by atoms with Crippen LogP contribution in [0.5, 0.6) is 0 Å². The van der Waals surface area contributed by atoms with Crippen LogP contribution in [0.1, 0.15) is 25.7 Å². The summed E-state index contributed by atoms with van der Waals surface area (Å²) in [7, 11) is 1.78. The second-order valence-electron chi connectivity index (χ2n) is 6.14. The normalized spacial score (nSPS) is 23.2. The molecule has 2 aliphatic rings. The average molecular weight is 321 g/mol. The summed E-state index contributed by atoms with van der Waals surface area (Å²) < 4.78 is 36.4. The molecule has 1 atom stereocenters. The highest BCUT2D eigenvalue weighted by atomic mass is 19.4. The maximum absolute atomic E-state index is 12.1. The summed E-state index contributed by atoms with van der Waals surface area (Å²) in [6, 6.07) is 0.336. The topological polar surface area (TPSA) is 52.7 Å². The fourth-order valence-corrected chi connectivity index (χ4v) is 2.71. The Morgan fingerprint density at radius 2 is 1.95 bits per heavy atom. The van der Waals surface area contributed by atoms with Gasteiger partial charge in [-0.05, 0) is 32.2 Å². The van der Waals surface area contributed by atoms with E-state index in [-0.39, 0.29) is 12.5 Å². The van der Waals surface area contributed by atoms with Crippen LogP contribution < -0.4 is 5.32 Å². The van der Waals surface area contributed by atoms with Crippen LogP contribution in [-0.2, 0) is 9.59 Å². The van der Waals surface area contributed by atoms with Crippen LogP contribution in [0.25, 0.3) is 0 Å². The van der Waals surface area contributed by atoms with Crippen LogP contribution in [0, 0.1) is 5.92 Å². The lowest BCUT2D eigenvalue weighted by atomic mass is 9.97. The monoisotopic (exact) mass is 321 g/mol. The van der Waals surface area contributed by atoms with E-state index in [4.69, 9.17) is 0 Å². The number of nitrogens with zero attached hydrogens (tertiary/aromatic N) is 2. The molecule has 8 heteroatoms. The molecule has 22 heavy (non-hydrogen) atoms. The number of amides is 2. The predicted molar refractivity (Wildman–Crippen MR) is 74.0 cm³/mol. The number of carbonyl (C=O) groups excluding carboxylic acids is 2. The smallest absolute Gasteiger partial charge is 0.347 e. The predicted octanol–water partition coefficient (Wildman–Crippen LogP) is 0.998. The minimum atomic E-state index is -4.40. The quantitative estimate of drug-likeness (QED) is 0.822. The Kier molecular flexibility index (Phi) is 5.31. The van der Waals surface area contributed by atoms with Crippen molar-refractivity contribution in [2.75, 3.05) is 33.2 Å². The Morgan fingerprint density at radius 1 is 1.27 bits per heavy atom. The zero-order chi connectivity index (χ0) is 16.3. The molecule has 0 bridgehead atoms. The number of halogens is 3. The molecule has 1 saturated carbocycles. The van der Waals surface area contributed by atoms with E-state index >= 15 is 0 Å². The van der Waals surface area contributed by atoms with E-state index in [0.717, 1.165) is 12.8 Å². The molecule has 1 heterocycles. The molecule has 0 unspecified atom stereocenters. The lowest BCUT2D eigenvalue weighted by Crippen LogP contribution is -2.48. The third-order valence-corrected chi connectivity index (χ3v) is 4.19. The van der Waals surface area contributed by atoms with Gasteiger partial charge in [0.25, 0.3) is 0 Å². The first kappa shape index (κ1) is 17.1. The third-order valence-electron chi connectivity index (χ3n) is 4.19. The average Bonchev–Trinajstić information content (AvgIpc) is 3.28. The fraction of sp³-hybridized carbons (Fsp3) is 0.857. The summed E-state index contributed by atoms with van der Waals surface area (Å²) in [5.41, 5.74) is 0. The molecule has 0 aromatic carbocycles. The zero-order valence-electron chi connectivity index (χ0n) is 12.7. The summed E-state index contributed by atoms with van der Waals surface area (Å²) in [5.74, 6) is -1.04. The van der Waals surface area contributed by atoms with Gasteiger partial charge in [0, 0.05) is 19.6 Å². The lowest BCUT2D eigenvalue weighted by molar-refractivity contribution is -0.142. The molecule has 2 amide bonds. The first-order valence-corrected chi connectivity index (χ1v) is 7.59. The van der Waals surface area contributed by atoms with Crippen molar-refractivity contribution in [3.8, 4) is 0 Å². The van der Waals surface area contributed by atoms with Gasteiger partial charge in [-0.3, -0.25) is 14.5 Å². The van der Waals surface area contributed by atoms with E-state index in [2.05, 4.69) is 0 Å². The van der Waals surface area contributed by atoms with Crippen molar-refractivity contribution < 1.29 is 22.8 Å². The summed E-state index contributed by atoms with van der Waals surface area (Å²) in [4.78, 5) is 27.4. The minimum Gasteiger partial charge on any atom is -0.347 e. The maximum Gasteiger partial charge on any atom is 0.405 e. The van der Waals surface area contributed by atoms with Gasteiger partial charge >= 0.3 is 6.18 Å². The molecule has 1 aliphatic carbocycles. The first-order chi connectivity index (χ1) is 10.3. The van der Waals surface area contributed by atoms with E-state index in [1.165, 1.54) is 0 Å². The molecule has 5 nitrogen and oxygen atoms in total. The molecule has 1 N–H and O–H groups in total. The number of hydrogen-bond donors (Lipinski definition) is 1. The number of alkyl halides is 3. The van der Waals surface area contributed by atoms with Gasteiger partial charge in [0.05, 0.1) is 12.5 Å². The lowest BCUT2D eigenvalue weighted by Gasteiger charge is -2.32. The van der Waals surface area contributed by atoms with Gasteiger partial charge < -0.3 is 10.2 Å². The van der Waals surface area contributed by atoms with Gasteiger partial charge in [-0.25, -0.2) is 0 Å². The number of nitrogens with one attached hydrogen (secondary N) is 1. The van der Waals surface area contributed by atoms with Crippen molar-refractivity contribution >= 4 is 11.8 Å². The summed E-state index contributed by atoms with van der Waals surface area (Å²) in [6.07, 6.45) is -1.06. The highest BCUT2D eigenvalue weighted by Crippen LogP contribution is 2.26. The highest BCUT2D eigenvalue weighted by Gasteiger charge is 2.33.